The number of carbonyl (C=O) groups is 1. The first kappa shape index (κ1) is 29.3. The van der Waals surface area contributed by atoms with Crippen LogP contribution in [0.2, 0.25) is 0 Å². The van der Waals surface area contributed by atoms with Crippen LogP contribution in [0.5, 0.6) is 5.88 Å². The number of carboxylic acid groups (broad SMARTS) is 1. The van der Waals surface area contributed by atoms with E-state index in [0.717, 1.165) is 43.0 Å². The number of imidazole rings is 1. The van der Waals surface area contributed by atoms with Crippen LogP contribution in [0, 0.1) is 35.6 Å². The summed E-state index contributed by atoms with van der Waals surface area (Å²) in [6.07, 6.45) is 2.77. The monoisotopic (exact) mass is 603 g/mol. The Balaban J connectivity index is 1.30. The molecule has 0 radical (unpaired) electrons. The summed E-state index contributed by atoms with van der Waals surface area (Å²) in [6, 6.07) is 13.8. The lowest BCUT2D eigenvalue weighted by Gasteiger charge is -2.17. The highest BCUT2D eigenvalue weighted by molar-refractivity contribution is 5.92. The number of benzene rings is 3. The van der Waals surface area contributed by atoms with Gasteiger partial charge in [-0.15, -0.1) is 0 Å². The minimum Gasteiger partial charge on any atom is -0.478 e. The van der Waals surface area contributed by atoms with Crippen molar-refractivity contribution in [3.8, 4) is 17.1 Å². The van der Waals surface area contributed by atoms with Gasteiger partial charge < -0.3 is 14.4 Å². The summed E-state index contributed by atoms with van der Waals surface area (Å²) in [5.41, 5.74) is 2.16. The molecule has 226 valence electrons. The van der Waals surface area contributed by atoms with E-state index in [1.54, 1.807) is 25.1 Å². The second-order valence-corrected chi connectivity index (χ2v) is 11.4. The molecule has 1 N–H and O–H groups in total. The third-order valence-corrected chi connectivity index (χ3v) is 8.43. The predicted molar refractivity (Wildman–Crippen MR) is 156 cm³/mol. The van der Waals surface area contributed by atoms with Crippen LogP contribution in [0.25, 0.3) is 22.3 Å². The number of ether oxygens (including phenoxy) is 1. The normalized spacial score (nSPS) is 13.8. The number of nitrogens with zero attached hydrogens (tertiary/aromatic N) is 3. The van der Waals surface area contributed by atoms with Crippen LogP contribution in [-0.2, 0) is 19.6 Å². The lowest BCUT2D eigenvalue weighted by Crippen LogP contribution is -2.15. The average Bonchev–Trinajstić information content (AvgIpc) is 3.69. The van der Waals surface area contributed by atoms with Gasteiger partial charge in [-0.2, -0.15) is 0 Å². The quantitative estimate of drug-likeness (QED) is 0.164. The third-order valence-electron chi connectivity index (χ3n) is 8.43. The van der Waals surface area contributed by atoms with Crippen LogP contribution >= 0.6 is 0 Å². The molecule has 0 spiro atoms. The van der Waals surface area contributed by atoms with Gasteiger partial charge in [-0.05, 0) is 85.7 Å². The van der Waals surface area contributed by atoms with Crippen LogP contribution in [0.15, 0.2) is 60.7 Å². The van der Waals surface area contributed by atoms with Crippen molar-refractivity contribution in [2.45, 2.75) is 52.7 Å². The molecule has 0 atom stereocenters. The molecule has 1 aliphatic carbocycles. The number of aromatic nitrogens is 3. The standard InChI is InChI=1S/C34H29F4N3O3/c1-3-34(10-11-34)18-41-30-15-20(33(42)43)6-8-29(30)39-31(41)16-23-26(37)13-22(14-27(23)38)28-9-7-24(35)32(40-28)44-17-21-5-4-19(2)12-25(21)36/h4-9,12-15H,3,10-11,16-18H2,1-2H3,(H,42,43). The average molecular weight is 604 g/mol. The molecule has 0 aliphatic heterocycles. The molecular formula is C34H29F4N3O3. The molecule has 6 nitrogen and oxygen atoms in total. The molecule has 2 aromatic heterocycles. The highest BCUT2D eigenvalue weighted by Crippen LogP contribution is 2.50. The number of rotatable bonds is 10. The molecule has 0 saturated heterocycles. The molecule has 0 unspecified atom stereocenters. The number of aromatic carboxylic acids is 1. The van der Waals surface area contributed by atoms with Crippen molar-refractivity contribution in [2.24, 2.45) is 5.41 Å². The summed E-state index contributed by atoms with van der Waals surface area (Å²) in [7, 11) is 0. The second-order valence-electron chi connectivity index (χ2n) is 11.4. The fraction of sp³-hybridized carbons (Fsp3) is 0.265. The van der Waals surface area contributed by atoms with Crippen molar-refractivity contribution in [1.29, 1.82) is 0 Å². The van der Waals surface area contributed by atoms with E-state index >= 15 is 8.78 Å². The molecule has 1 aliphatic rings. The van der Waals surface area contributed by atoms with Crippen molar-refractivity contribution in [3.63, 3.8) is 0 Å². The zero-order valence-corrected chi connectivity index (χ0v) is 24.1. The number of halogens is 4. The summed E-state index contributed by atoms with van der Waals surface area (Å²) in [4.78, 5) is 20.4. The molecule has 0 bridgehead atoms. The van der Waals surface area contributed by atoms with Gasteiger partial charge in [0.1, 0.15) is 29.9 Å². The Kier molecular flexibility index (Phi) is 7.61. The maximum Gasteiger partial charge on any atom is 0.335 e. The Morgan fingerprint density at radius 1 is 0.932 bits per heavy atom. The first-order valence-corrected chi connectivity index (χ1v) is 14.3. The Morgan fingerprint density at radius 3 is 2.34 bits per heavy atom. The summed E-state index contributed by atoms with van der Waals surface area (Å²) in [6.45, 7) is 4.11. The molecule has 44 heavy (non-hydrogen) atoms. The van der Waals surface area contributed by atoms with E-state index in [0.29, 0.717) is 23.4 Å². The third kappa shape index (κ3) is 5.76. The molecule has 10 heteroatoms. The fourth-order valence-electron chi connectivity index (χ4n) is 5.43. The van der Waals surface area contributed by atoms with Crippen molar-refractivity contribution in [1.82, 2.24) is 14.5 Å². The van der Waals surface area contributed by atoms with Gasteiger partial charge in [0.15, 0.2) is 5.82 Å². The second kappa shape index (κ2) is 11.4. The van der Waals surface area contributed by atoms with Gasteiger partial charge >= 0.3 is 5.97 Å². The van der Waals surface area contributed by atoms with Crippen LogP contribution in [-0.4, -0.2) is 25.6 Å². The number of hydrogen-bond acceptors (Lipinski definition) is 4. The van der Waals surface area contributed by atoms with E-state index in [9.17, 15) is 18.7 Å². The zero-order valence-electron chi connectivity index (χ0n) is 24.1. The SMILES string of the molecule is CCC1(Cn2c(Cc3c(F)cc(-c4ccc(F)c(OCc5ccc(C)cc5F)n4)cc3F)nc3ccc(C(=O)O)cc32)CC1. The largest absolute Gasteiger partial charge is 0.478 e. The summed E-state index contributed by atoms with van der Waals surface area (Å²) >= 11 is 0. The van der Waals surface area contributed by atoms with Crippen LogP contribution in [0.3, 0.4) is 0 Å². The van der Waals surface area contributed by atoms with E-state index < -0.39 is 35.1 Å². The molecule has 5 aromatic rings. The fourth-order valence-corrected chi connectivity index (χ4v) is 5.43. The maximum atomic E-state index is 15.6. The summed E-state index contributed by atoms with van der Waals surface area (Å²) < 4.78 is 67.1. The number of pyridine rings is 1. The van der Waals surface area contributed by atoms with Gasteiger partial charge in [0.25, 0.3) is 5.88 Å². The van der Waals surface area contributed by atoms with Gasteiger partial charge in [0, 0.05) is 29.7 Å². The van der Waals surface area contributed by atoms with Crippen LogP contribution < -0.4 is 4.74 Å². The van der Waals surface area contributed by atoms with Crippen molar-refractivity contribution < 1.29 is 32.2 Å². The highest BCUT2D eigenvalue weighted by atomic mass is 19.1. The summed E-state index contributed by atoms with van der Waals surface area (Å²) in [5, 5.41) is 9.52. The maximum absolute atomic E-state index is 15.6. The highest BCUT2D eigenvalue weighted by Gasteiger charge is 2.41. The lowest BCUT2D eigenvalue weighted by atomic mass is 10.0. The number of fused-ring (bicyclic) bond motifs is 1. The van der Waals surface area contributed by atoms with E-state index in [-0.39, 0.29) is 46.4 Å². The van der Waals surface area contributed by atoms with Gasteiger partial charge in [-0.25, -0.2) is 32.3 Å². The van der Waals surface area contributed by atoms with Crippen LogP contribution in [0.1, 0.15) is 59.1 Å². The van der Waals surface area contributed by atoms with Crippen LogP contribution in [0.4, 0.5) is 17.6 Å². The Labute approximate surface area is 251 Å². The van der Waals surface area contributed by atoms with Crippen molar-refractivity contribution >= 4 is 17.0 Å². The number of aryl methyl sites for hydroxylation is 1. The smallest absolute Gasteiger partial charge is 0.335 e. The minimum absolute atomic E-state index is 0.0435. The topological polar surface area (TPSA) is 77.2 Å². The van der Waals surface area contributed by atoms with Gasteiger partial charge in [-0.1, -0.05) is 19.1 Å². The van der Waals surface area contributed by atoms with Gasteiger partial charge in [0.2, 0.25) is 0 Å². The Hall–Kier alpha value is -4.73. The Morgan fingerprint density at radius 2 is 1.68 bits per heavy atom. The molecule has 6 rings (SSSR count). The Bertz CT molecular complexity index is 1890. The molecule has 0 amide bonds. The molecule has 1 fully saturated rings. The van der Waals surface area contributed by atoms with Gasteiger partial charge in [0.05, 0.1) is 22.3 Å². The first-order chi connectivity index (χ1) is 21.1. The zero-order chi connectivity index (χ0) is 31.2. The van der Waals surface area contributed by atoms with E-state index in [4.69, 9.17) is 4.74 Å². The van der Waals surface area contributed by atoms with Crippen molar-refractivity contribution in [2.75, 3.05) is 0 Å². The van der Waals surface area contributed by atoms with Crippen molar-refractivity contribution in [3.05, 3.63) is 112 Å². The molecular weight excluding hydrogens is 574 g/mol. The predicted octanol–water partition coefficient (Wildman–Crippen LogP) is 8.02. The first-order valence-electron chi connectivity index (χ1n) is 14.3. The molecule has 3 aromatic carbocycles. The number of hydrogen-bond donors (Lipinski definition) is 1. The van der Waals surface area contributed by atoms with E-state index in [1.807, 2.05) is 4.57 Å². The lowest BCUT2D eigenvalue weighted by molar-refractivity contribution is 0.0697. The molecule has 1 saturated carbocycles. The molecule has 2 heterocycles. The number of carboxylic acids is 1. The van der Waals surface area contributed by atoms with E-state index in [1.165, 1.54) is 24.3 Å². The van der Waals surface area contributed by atoms with Gasteiger partial charge in [-0.3, -0.25) is 0 Å². The van der Waals surface area contributed by atoms with E-state index in [2.05, 4.69) is 16.9 Å². The minimum atomic E-state index is -1.07. The summed E-state index contributed by atoms with van der Waals surface area (Å²) in [5.74, 6) is -4.05.